The van der Waals surface area contributed by atoms with Crippen molar-refractivity contribution in [3.05, 3.63) is 23.3 Å². The van der Waals surface area contributed by atoms with Gasteiger partial charge in [-0.2, -0.15) is 0 Å². The highest BCUT2D eigenvalue weighted by molar-refractivity contribution is 5.85. The number of aryl methyl sites for hydroxylation is 1. The van der Waals surface area contributed by atoms with E-state index in [1.807, 2.05) is 13.0 Å². The third-order valence-electron chi connectivity index (χ3n) is 2.22. The highest BCUT2D eigenvalue weighted by Crippen LogP contribution is 2.25. The molecule has 0 heterocycles. The minimum Gasteiger partial charge on any atom is -0.507 e. The first kappa shape index (κ1) is 12.5. The summed E-state index contributed by atoms with van der Waals surface area (Å²) in [5.74, 6) is 0.821. The number of benzene rings is 1. The third kappa shape index (κ3) is 3.24. The van der Waals surface area contributed by atoms with Gasteiger partial charge in [-0.15, -0.1) is 0 Å². The van der Waals surface area contributed by atoms with Crippen LogP contribution in [0.4, 0.5) is 0 Å². The number of nitrogens with zero attached hydrogens (tertiary/aromatic N) is 1. The summed E-state index contributed by atoms with van der Waals surface area (Å²) in [7, 11) is 3.20. The van der Waals surface area contributed by atoms with E-state index in [2.05, 4.69) is 4.99 Å². The second-order valence-electron chi connectivity index (χ2n) is 3.41. The predicted octanol–water partition coefficient (Wildman–Crippen LogP) is 1.77. The minimum atomic E-state index is 0.179. The Bertz CT molecular complexity index is 352. The highest BCUT2D eigenvalue weighted by atomic mass is 16.5. The molecule has 0 atom stereocenters. The maximum Gasteiger partial charge on any atom is 0.128 e. The van der Waals surface area contributed by atoms with Gasteiger partial charge < -0.3 is 14.6 Å². The zero-order valence-electron chi connectivity index (χ0n) is 9.86. The predicted molar refractivity (Wildman–Crippen MR) is 63.7 cm³/mol. The third-order valence-corrected chi connectivity index (χ3v) is 2.22. The summed E-state index contributed by atoms with van der Waals surface area (Å²) in [5.41, 5.74) is 1.65. The molecule has 0 aliphatic carbocycles. The molecule has 1 aromatic rings. The van der Waals surface area contributed by atoms with Crippen LogP contribution in [0.2, 0.25) is 0 Å². The van der Waals surface area contributed by atoms with Gasteiger partial charge in [0, 0.05) is 25.0 Å². The summed E-state index contributed by atoms with van der Waals surface area (Å²) in [4.78, 5) is 4.16. The number of rotatable bonds is 5. The Labute approximate surface area is 95.5 Å². The van der Waals surface area contributed by atoms with E-state index in [1.54, 1.807) is 26.5 Å². The van der Waals surface area contributed by atoms with Crippen LogP contribution in [-0.4, -0.2) is 38.7 Å². The summed E-state index contributed by atoms with van der Waals surface area (Å²) in [6.07, 6.45) is 1.66. The lowest BCUT2D eigenvalue weighted by Gasteiger charge is -2.06. The van der Waals surface area contributed by atoms with Crippen LogP contribution < -0.4 is 4.74 Å². The Balaban J connectivity index is 2.84. The lowest BCUT2D eigenvalue weighted by molar-refractivity contribution is 0.208. The molecule has 0 saturated carbocycles. The van der Waals surface area contributed by atoms with Crippen LogP contribution in [0.1, 0.15) is 11.1 Å². The van der Waals surface area contributed by atoms with Crippen molar-refractivity contribution in [1.29, 1.82) is 0 Å². The zero-order valence-corrected chi connectivity index (χ0v) is 9.86. The summed E-state index contributed by atoms with van der Waals surface area (Å²) in [6.45, 7) is 3.06. The van der Waals surface area contributed by atoms with E-state index in [4.69, 9.17) is 9.47 Å². The molecule has 0 aromatic heterocycles. The second kappa shape index (κ2) is 6.12. The number of aromatic hydroxyl groups is 1. The van der Waals surface area contributed by atoms with Crippen LogP contribution in [0.25, 0.3) is 0 Å². The Morgan fingerprint density at radius 1 is 1.38 bits per heavy atom. The van der Waals surface area contributed by atoms with E-state index < -0.39 is 0 Å². The molecule has 1 rings (SSSR count). The van der Waals surface area contributed by atoms with Crippen molar-refractivity contribution in [3.63, 3.8) is 0 Å². The van der Waals surface area contributed by atoms with Gasteiger partial charge in [0.25, 0.3) is 0 Å². The molecule has 0 saturated heterocycles. The molecule has 0 fully saturated rings. The largest absolute Gasteiger partial charge is 0.507 e. The number of ether oxygens (including phenoxy) is 2. The van der Waals surface area contributed by atoms with Crippen molar-refractivity contribution in [3.8, 4) is 11.5 Å². The van der Waals surface area contributed by atoms with E-state index in [9.17, 15) is 5.11 Å². The number of hydrogen-bond donors (Lipinski definition) is 1. The Morgan fingerprint density at radius 2 is 2.12 bits per heavy atom. The molecule has 4 nitrogen and oxygen atoms in total. The van der Waals surface area contributed by atoms with E-state index in [0.717, 1.165) is 11.1 Å². The minimum absolute atomic E-state index is 0.179. The van der Waals surface area contributed by atoms with Crippen LogP contribution in [-0.2, 0) is 4.74 Å². The van der Waals surface area contributed by atoms with Gasteiger partial charge in [0.15, 0.2) is 0 Å². The first-order valence-electron chi connectivity index (χ1n) is 5.05. The number of phenols is 1. The van der Waals surface area contributed by atoms with Gasteiger partial charge in [-0.05, 0) is 18.6 Å². The van der Waals surface area contributed by atoms with Crippen molar-refractivity contribution in [2.45, 2.75) is 6.92 Å². The van der Waals surface area contributed by atoms with Crippen LogP contribution in [0.5, 0.6) is 11.5 Å². The van der Waals surface area contributed by atoms with Gasteiger partial charge in [-0.1, -0.05) is 0 Å². The van der Waals surface area contributed by atoms with Crippen molar-refractivity contribution in [1.82, 2.24) is 0 Å². The zero-order chi connectivity index (χ0) is 12.0. The van der Waals surface area contributed by atoms with Gasteiger partial charge in [-0.3, -0.25) is 4.99 Å². The fraction of sp³-hybridized carbons (Fsp3) is 0.417. The Hall–Kier alpha value is -1.55. The van der Waals surface area contributed by atoms with E-state index in [1.165, 1.54) is 0 Å². The molecule has 4 heteroatoms. The standard InChI is InChI=1S/C12H17NO3/c1-9-6-10(16-3)7-12(14)11(9)8-13-4-5-15-2/h6-8,14H,4-5H2,1-3H3. The average Bonchev–Trinajstić information content (AvgIpc) is 2.26. The Kier molecular flexibility index (Phi) is 4.79. The van der Waals surface area contributed by atoms with E-state index in [-0.39, 0.29) is 5.75 Å². The van der Waals surface area contributed by atoms with Crippen LogP contribution in [0, 0.1) is 6.92 Å². The first-order chi connectivity index (χ1) is 7.69. The lowest BCUT2D eigenvalue weighted by Crippen LogP contribution is -1.95. The van der Waals surface area contributed by atoms with Crippen molar-refractivity contribution >= 4 is 6.21 Å². The molecular formula is C12H17NO3. The molecule has 0 radical (unpaired) electrons. The molecular weight excluding hydrogens is 206 g/mol. The van der Waals surface area contributed by atoms with Crippen molar-refractivity contribution < 1.29 is 14.6 Å². The van der Waals surface area contributed by atoms with E-state index in [0.29, 0.717) is 18.9 Å². The molecule has 0 aliphatic rings. The normalized spacial score (nSPS) is 10.9. The number of hydrogen-bond acceptors (Lipinski definition) is 4. The van der Waals surface area contributed by atoms with Crippen LogP contribution >= 0.6 is 0 Å². The number of methoxy groups -OCH3 is 2. The van der Waals surface area contributed by atoms with Crippen LogP contribution in [0.15, 0.2) is 17.1 Å². The average molecular weight is 223 g/mol. The molecule has 1 aromatic carbocycles. The van der Waals surface area contributed by atoms with Crippen LogP contribution in [0.3, 0.4) is 0 Å². The summed E-state index contributed by atoms with van der Waals surface area (Å²) < 4.78 is 9.93. The lowest BCUT2D eigenvalue weighted by atomic mass is 10.1. The van der Waals surface area contributed by atoms with Gasteiger partial charge in [0.1, 0.15) is 11.5 Å². The fourth-order valence-electron chi connectivity index (χ4n) is 1.33. The smallest absolute Gasteiger partial charge is 0.128 e. The second-order valence-corrected chi connectivity index (χ2v) is 3.41. The quantitative estimate of drug-likeness (QED) is 0.611. The summed E-state index contributed by atoms with van der Waals surface area (Å²) in [5, 5.41) is 9.76. The molecule has 0 bridgehead atoms. The van der Waals surface area contributed by atoms with E-state index >= 15 is 0 Å². The monoisotopic (exact) mass is 223 g/mol. The maximum absolute atomic E-state index is 9.76. The molecule has 1 N–H and O–H groups in total. The summed E-state index contributed by atoms with van der Waals surface area (Å²) in [6, 6.07) is 3.43. The summed E-state index contributed by atoms with van der Waals surface area (Å²) >= 11 is 0. The SMILES string of the molecule is COCCN=Cc1c(C)cc(OC)cc1O. The topological polar surface area (TPSA) is 51.0 Å². The van der Waals surface area contributed by atoms with Gasteiger partial charge in [-0.25, -0.2) is 0 Å². The van der Waals surface area contributed by atoms with Gasteiger partial charge in [0.2, 0.25) is 0 Å². The Morgan fingerprint density at radius 3 is 2.69 bits per heavy atom. The molecule has 16 heavy (non-hydrogen) atoms. The number of aliphatic imine (C=N–C) groups is 1. The highest BCUT2D eigenvalue weighted by Gasteiger charge is 2.05. The van der Waals surface area contributed by atoms with Gasteiger partial charge >= 0.3 is 0 Å². The van der Waals surface area contributed by atoms with Gasteiger partial charge in [0.05, 0.1) is 20.3 Å². The molecule has 0 spiro atoms. The van der Waals surface area contributed by atoms with Crippen molar-refractivity contribution in [2.75, 3.05) is 27.4 Å². The molecule has 88 valence electrons. The first-order valence-corrected chi connectivity index (χ1v) is 5.05. The van der Waals surface area contributed by atoms with Crippen molar-refractivity contribution in [2.24, 2.45) is 4.99 Å². The number of phenolic OH excluding ortho intramolecular Hbond substituents is 1. The molecule has 0 aliphatic heterocycles. The fourth-order valence-corrected chi connectivity index (χ4v) is 1.33. The molecule has 0 unspecified atom stereocenters. The maximum atomic E-state index is 9.76. The molecule has 0 amide bonds.